The van der Waals surface area contributed by atoms with Crippen molar-refractivity contribution < 1.29 is 9.53 Å². The van der Waals surface area contributed by atoms with E-state index in [9.17, 15) is 4.79 Å². The molecule has 2 aromatic rings. The van der Waals surface area contributed by atoms with Gasteiger partial charge in [-0.2, -0.15) is 0 Å². The zero-order valence-corrected chi connectivity index (χ0v) is 13.9. The second-order valence-electron chi connectivity index (χ2n) is 5.77. The van der Waals surface area contributed by atoms with E-state index >= 15 is 0 Å². The van der Waals surface area contributed by atoms with Gasteiger partial charge in [-0.25, -0.2) is 9.78 Å². The van der Waals surface area contributed by atoms with Gasteiger partial charge in [0.2, 0.25) is 0 Å². The molecule has 6 nitrogen and oxygen atoms in total. The monoisotopic (exact) mass is 326 g/mol. The number of rotatable bonds is 5. The highest BCUT2D eigenvalue weighted by Crippen LogP contribution is 2.19. The van der Waals surface area contributed by atoms with E-state index in [1.54, 1.807) is 18.3 Å². The maximum Gasteiger partial charge on any atom is 0.341 e. The van der Waals surface area contributed by atoms with Gasteiger partial charge in [0, 0.05) is 57.2 Å². The highest BCUT2D eigenvalue weighted by atomic mass is 16.5. The molecule has 24 heavy (non-hydrogen) atoms. The summed E-state index contributed by atoms with van der Waals surface area (Å²) in [5.74, 6) is 0.379. The number of aromatic nitrogens is 2. The molecule has 0 unspecified atom stereocenters. The first-order chi connectivity index (χ1) is 11.8. The third-order valence-corrected chi connectivity index (χ3v) is 4.27. The summed E-state index contributed by atoms with van der Waals surface area (Å²) in [7, 11) is 1.40. The molecule has 0 amide bonds. The average Bonchev–Trinajstić information content (AvgIpc) is 2.67. The van der Waals surface area contributed by atoms with Crippen molar-refractivity contribution in [1.29, 1.82) is 0 Å². The van der Waals surface area contributed by atoms with Crippen LogP contribution in [0.2, 0.25) is 0 Å². The molecule has 2 aromatic heterocycles. The molecule has 0 aromatic carbocycles. The van der Waals surface area contributed by atoms with Crippen LogP contribution in [0, 0.1) is 0 Å². The Labute approximate surface area is 142 Å². The molecule has 1 aliphatic rings. The maximum atomic E-state index is 11.9. The van der Waals surface area contributed by atoms with Crippen LogP contribution in [-0.2, 0) is 11.2 Å². The van der Waals surface area contributed by atoms with Crippen LogP contribution in [0.25, 0.3) is 0 Å². The van der Waals surface area contributed by atoms with E-state index in [2.05, 4.69) is 25.8 Å². The fraction of sp³-hybridized carbons (Fsp3) is 0.389. The number of esters is 1. The molecule has 6 heteroatoms. The van der Waals surface area contributed by atoms with Crippen molar-refractivity contribution in [3.05, 3.63) is 54.0 Å². The first-order valence-electron chi connectivity index (χ1n) is 8.18. The minimum Gasteiger partial charge on any atom is -0.465 e. The lowest BCUT2D eigenvalue weighted by Crippen LogP contribution is -2.47. The number of hydrogen-bond donors (Lipinski definition) is 0. The number of ether oxygens (including phenoxy) is 1. The number of nitrogens with zero attached hydrogens (tertiary/aromatic N) is 4. The number of hydrogen-bond acceptors (Lipinski definition) is 6. The Morgan fingerprint density at radius 3 is 2.58 bits per heavy atom. The topological polar surface area (TPSA) is 58.6 Å². The van der Waals surface area contributed by atoms with Crippen molar-refractivity contribution in [3.63, 3.8) is 0 Å². The number of carbonyl (C=O) groups is 1. The van der Waals surface area contributed by atoms with E-state index in [1.165, 1.54) is 7.11 Å². The molecule has 0 saturated carbocycles. The molecule has 3 heterocycles. The summed E-state index contributed by atoms with van der Waals surface area (Å²) in [6.45, 7) is 4.59. The van der Waals surface area contributed by atoms with Crippen LogP contribution in [0.5, 0.6) is 0 Å². The Kier molecular flexibility index (Phi) is 5.38. The van der Waals surface area contributed by atoms with Gasteiger partial charge in [-0.1, -0.05) is 6.07 Å². The molecule has 0 bridgehead atoms. The van der Waals surface area contributed by atoms with Gasteiger partial charge in [0.1, 0.15) is 11.4 Å². The van der Waals surface area contributed by atoms with Gasteiger partial charge in [0.25, 0.3) is 0 Å². The average molecular weight is 326 g/mol. The smallest absolute Gasteiger partial charge is 0.341 e. The molecule has 0 atom stereocenters. The van der Waals surface area contributed by atoms with E-state index < -0.39 is 0 Å². The van der Waals surface area contributed by atoms with Gasteiger partial charge in [0.15, 0.2) is 0 Å². The zero-order valence-electron chi connectivity index (χ0n) is 13.9. The van der Waals surface area contributed by atoms with Crippen LogP contribution in [0.3, 0.4) is 0 Å². The third kappa shape index (κ3) is 3.89. The lowest BCUT2D eigenvalue weighted by Gasteiger charge is -2.35. The quantitative estimate of drug-likeness (QED) is 0.779. The number of methoxy groups -OCH3 is 1. The Morgan fingerprint density at radius 2 is 1.88 bits per heavy atom. The minimum absolute atomic E-state index is 0.337. The zero-order chi connectivity index (χ0) is 16.8. The van der Waals surface area contributed by atoms with E-state index in [-0.39, 0.29) is 5.97 Å². The lowest BCUT2D eigenvalue weighted by atomic mass is 10.2. The normalized spacial score (nSPS) is 15.3. The molecular formula is C18H22N4O2. The highest BCUT2D eigenvalue weighted by molar-refractivity contribution is 5.94. The predicted molar refractivity (Wildman–Crippen MR) is 92.2 cm³/mol. The summed E-state index contributed by atoms with van der Waals surface area (Å²) >= 11 is 0. The summed E-state index contributed by atoms with van der Waals surface area (Å²) in [6.07, 6.45) is 4.51. The van der Waals surface area contributed by atoms with Crippen molar-refractivity contribution in [1.82, 2.24) is 14.9 Å². The van der Waals surface area contributed by atoms with Gasteiger partial charge in [-0.3, -0.25) is 9.88 Å². The molecule has 1 saturated heterocycles. The molecule has 0 aliphatic carbocycles. The fourth-order valence-corrected chi connectivity index (χ4v) is 2.92. The maximum absolute atomic E-state index is 11.9. The number of piperazine rings is 1. The van der Waals surface area contributed by atoms with Gasteiger partial charge >= 0.3 is 5.97 Å². The van der Waals surface area contributed by atoms with Crippen LogP contribution < -0.4 is 4.90 Å². The van der Waals surface area contributed by atoms with Crippen molar-refractivity contribution in [2.75, 3.05) is 44.7 Å². The second-order valence-corrected chi connectivity index (χ2v) is 5.77. The van der Waals surface area contributed by atoms with E-state index in [1.807, 2.05) is 18.3 Å². The fourth-order valence-electron chi connectivity index (χ4n) is 2.92. The SMILES string of the molecule is COC(=O)c1cccnc1N1CCN(CCc2ccccn2)CC1. The Morgan fingerprint density at radius 1 is 1.08 bits per heavy atom. The van der Waals surface area contributed by atoms with Gasteiger partial charge in [-0.15, -0.1) is 0 Å². The number of carbonyl (C=O) groups excluding carboxylic acids is 1. The molecule has 0 N–H and O–H groups in total. The van der Waals surface area contributed by atoms with Crippen LogP contribution in [0.4, 0.5) is 5.82 Å². The summed E-state index contributed by atoms with van der Waals surface area (Å²) in [4.78, 5) is 25.2. The van der Waals surface area contributed by atoms with Gasteiger partial charge in [0.05, 0.1) is 7.11 Å². The summed E-state index contributed by atoms with van der Waals surface area (Å²) in [5, 5.41) is 0. The van der Waals surface area contributed by atoms with Crippen LogP contribution in [-0.4, -0.2) is 60.7 Å². The van der Waals surface area contributed by atoms with Crippen molar-refractivity contribution in [2.24, 2.45) is 0 Å². The largest absolute Gasteiger partial charge is 0.465 e. The Bertz CT molecular complexity index is 670. The second kappa shape index (κ2) is 7.88. The van der Waals surface area contributed by atoms with E-state index in [4.69, 9.17) is 4.74 Å². The van der Waals surface area contributed by atoms with Gasteiger partial charge < -0.3 is 9.64 Å². The molecular weight excluding hydrogens is 304 g/mol. The van der Waals surface area contributed by atoms with Crippen molar-refractivity contribution in [3.8, 4) is 0 Å². The Balaban J connectivity index is 1.57. The molecule has 126 valence electrons. The van der Waals surface area contributed by atoms with Crippen LogP contribution in [0.1, 0.15) is 16.1 Å². The molecule has 3 rings (SSSR count). The Hall–Kier alpha value is -2.47. The third-order valence-electron chi connectivity index (χ3n) is 4.27. The molecule has 0 spiro atoms. The summed E-state index contributed by atoms with van der Waals surface area (Å²) in [5.41, 5.74) is 1.65. The summed E-state index contributed by atoms with van der Waals surface area (Å²) in [6, 6.07) is 9.55. The van der Waals surface area contributed by atoms with E-state index in [0.29, 0.717) is 11.4 Å². The van der Waals surface area contributed by atoms with Crippen molar-refractivity contribution >= 4 is 11.8 Å². The molecule has 1 aliphatic heterocycles. The standard InChI is InChI=1S/C18H22N4O2/c1-24-18(23)16-6-4-9-20-17(16)22-13-11-21(12-14-22)10-7-15-5-2-3-8-19-15/h2-6,8-9H,7,10-14H2,1H3. The predicted octanol–water partition coefficient (Wildman–Crippen LogP) is 1.63. The first-order valence-corrected chi connectivity index (χ1v) is 8.18. The number of anilines is 1. The van der Waals surface area contributed by atoms with Gasteiger partial charge in [-0.05, 0) is 24.3 Å². The lowest BCUT2D eigenvalue weighted by molar-refractivity contribution is 0.0601. The van der Waals surface area contributed by atoms with Crippen LogP contribution in [0.15, 0.2) is 42.7 Å². The van der Waals surface area contributed by atoms with Crippen molar-refractivity contribution in [2.45, 2.75) is 6.42 Å². The molecule has 0 radical (unpaired) electrons. The molecule has 1 fully saturated rings. The van der Waals surface area contributed by atoms with E-state index in [0.717, 1.165) is 44.8 Å². The number of pyridine rings is 2. The first kappa shape index (κ1) is 16.4. The minimum atomic E-state index is -0.337. The highest BCUT2D eigenvalue weighted by Gasteiger charge is 2.22. The summed E-state index contributed by atoms with van der Waals surface area (Å²) < 4.78 is 4.85. The van der Waals surface area contributed by atoms with Crippen LogP contribution >= 0.6 is 0 Å².